The van der Waals surface area contributed by atoms with Gasteiger partial charge >= 0.3 is 0 Å². The van der Waals surface area contributed by atoms with Gasteiger partial charge in [-0.15, -0.1) is 6.58 Å². The lowest BCUT2D eigenvalue weighted by atomic mass is 10.2. The van der Waals surface area contributed by atoms with Crippen LogP contribution in [0, 0.1) is 0 Å². The Morgan fingerprint density at radius 3 is 2.52 bits per heavy atom. The average Bonchev–Trinajstić information content (AvgIpc) is 2.59. The SMILES string of the molecule is C=CCNS(=O)(=O)c1cccc(C(=O)N(C)c2ccccc2)c1. The lowest BCUT2D eigenvalue weighted by molar-refractivity contribution is 0.0993. The summed E-state index contributed by atoms with van der Waals surface area (Å²) in [6, 6.07) is 15.1. The molecule has 1 N–H and O–H groups in total. The predicted octanol–water partition coefficient (Wildman–Crippen LogP) is 2.43. The zero-order valence-corrected chi connectivity index (χ0v) is 13.6. The van der Waals surface area contributed by atoms with Crippen LogP contribution in [0.1, 0.15) is 10.4 Å². The molecule has 0 saturated heterocycles. The number of nitrogens with one attached hydrogen (secondary N) is 1. The van der Waals surface area contributed by atoms with Crippen LogP contribution in [0.15, 0.2) is 72.1 Å². The normalized spacial score (nSPS) is 11.0. The summed E-state index contributed by atoms with van der Waals surface area (Å²) in [5, 5.41) is 0. The Hall–Kier alpha value is -2.44. The number of benzene rings is 2. The van der Waals surface area contributed by atoms with Crippen molar-refractivity contribution in [3.8, 4) is 0 Å². The van der Waals surface area contributed by atoms with Crippen LogP contribution in [0.5, 0.6) is 0 Å². The second kappa shape index (κ2) is 7.21. The lowest BCUT2D eigenvalue weighted by Crippen LogP contribution is -2.27. The molecular formula is C17H18N2O3S. The number of para-hydroxylation sites is 1. The molecule has 6 heteroatoms. The molecule has 0 unspecified atom stereocenters. The van der Waals surface area contributed by atoms with Gasteiger partial charge in [-0.05, 0) is 30.3 Å². The van der Waals surface area contributed by atoms with Crippen LogP contribution >= 0.6 is 0 Å². The van der Waals surface area contributed by atoms with E-state index in [1.54, 1.807) is 19.2 Å². The fourth-order valence-corrected chi connectivity index (χ4v) is 3.05. The van der Waals surface area contributed by atoms with E-state index in [1.165, 1.54) is 23.1 Å². The van der Waals surface area contributed by atoms with Gasteiger partial charge in [-0.3, -0.25) is 4.79 Å². The van der Waals surface area contributed by atoms with E-state index in [0.717, 1.165) is 5.69 Å². The van der Waals surface area contributed by atoms with Crippen molar-refractivity contribution in [2.75, 3.05) is 18.5 Å². The molecular weight excluding hydrogens is 312 g/mol. The third kappa shape index (κ3) is 4.06. The number of anilines is 1. The Morgan fingerprint density at radius 1 is 1.17 bits per heavy atom. The second-order valence-corrected chi connectivity index (χ2v) is 6.64. The molecule has 23 heavy (non-hydrogen) atoms. The molecule has 2 rings (SSSR count). The van der Waals surface area contributed by atoms with Gasteiger partial charge in [0.2, 0.25) is 10.0 Å². The highest BCUT2D eigenvalue weighted by Crippen LogP contribution is 2.17. The maximum Gasteiger partial charge on any atom is 0.258 e. The topological polar surface area (TPSA) is 66.5 Å². The summed E-state index contributed by atoms with van der Waals surface area (Å²) in [5.41, 5.74) is 1.04. The summed E-state index contributed by atoms with van der Waals surface area (Å²) in [7, 11) is -2.01. The number of amides is 1. The molecule has 5 nitrogen and oxygen atoms in total. The smallest absolute Gasteiger partial charge is 0.258 e. The van der Waals surface area contributed by atoms with Crippen molar-refractivity contribution in [3.63, 3.8) is 0 Å². The molecule has 0 fully saturated rings. The van der Waals surface area contributed by atoms with Crippen LogP contribution in [-0.4, -0.2) is 27.9 Å². The number of rotatable bonds is 6. The van der Waals surface area contributed by atoms with Gasteiger partial charge in [-0.1, -0.05) is 30.3 Å². The van der Waals surface area contributed by atoms with Crippen molar-refractivity contribution in [2.45, 2.75) is 4.90 Å². The largest absolute Gasteiger partial charge is 0.311 e. The van der Waals surface area contributed by atoms with Crippen LogP contribution in [0.4, 0.5) is 5.69 Å². The molecule has 120 valence electrons. The summed E-state index contributed by atoms with van der Waals surface area (Å²) in [6.45, 7) is 3.60. The Kier molecular flexibility index (Phi) is 5.31. The van der Waals surface area contributed by atoms with Crippen molar-refractivity contribution in [3.05, 3.63) is 72.8 Å². The highest BCUT2D eigenvalue weighted by molar-refractivity contribution is 7.89. The van der Waals surface area contributed by atoms with Crippen molar-refractivity contribution in [1.82, 2.24) is 4.72 Å². The van der Waals surface area contributed by atoms with Crippen LogP contribution in [-0.2, 0) is 10.0 Å². The van der Waals surface area contributed by atoms with Gasteiger partial charge in [0.25, 0.3) is 5.91 Å². The van der Waals surface area contributed by atoms with Gasteiger partial charge < -0.3 is 4.90 Å². The number of nitrogens with zero attached hydrogens (tertiary/aromatic N) is 1. The third-order valence-corrected chi connectivity index (χ3v) is 4.68. The van der Waals surface area contributed by atoms with Crippen molar-refractivity contribution < 1.29 is 13.2 Å². The Labute approximate surface area is 136 Å². The number of hydrogen-bond donors (Lipinski definition) is 1. The Morgan fingerprint density at radius 2 is 1.87 bits per heavy atom. The number of hydrogen-bond acceptors (Lipinski definition) is 3. The van der Waals surface area contributed by atoms with Gasteiger partial charge in [-0.25, -0.2) is 13.1 Å². The molecule has 0 aliphatic carbocycles. The zero-order chi connectivity index (χ0) is 16.9. The number of carbonyl (C=O) groups is 1. The van der Waals surface area contributed by atoms with Crippen LogP contribution in [0.3, 0.4) is 0 Å². The fraction of sp³-hybridized carbons (Fsp3) is 0.118. The van der Waals surface area contributed by atoms with E-state index >= 15 is 0 Å². The van der Waals surface area contributed by atoms with E-state index in [0.29, 0.717) is 5.56 Å². The van der Waals surface area contributed by atoms with Crippen molar-refractivity contribution in [2.24, 2.45) is 0 Å². The number of sulfonamides is 1. The number of carbonyl (C=O) groups excluding carboxylic acids is 1. The fourth-order valence-electron chi connectivity index (χ4n) is 2.01. The van der Waals surface area contributed by atoms with Crippen LogP contribution in [0.2, 0.25) is 0 Å². The average molecular weight is 330 g/mol. The van der Waals surface area contributed by atoms with E-state index in [9.17, 15) is 13.2 Å². The molecule has 0 bridgehead atoms. The van der Waals surface area contributed by atoms with E-state index in [2.05, 4.69) is 11.3 Å². The molecule has 0 heterocycles. The maximum atomic E-state index is 12.5. The molecule has 0 spiro atoms. The molecule has 0 saturated carbocycles. The van der Waals surface area contributed by atoms with Gasteiger partial charge in [0.15, 0.2) is 0 Å². The third-order valence-electron chi connectivity index (χ3n) is 3.26. The summed E-state index contributed by atoms with van der Waals surface area (Å²) < 4.78 is 26.6. The van der Waals surface area contributed by atoms with E-state index in [4.69, 9.17) is 0 Å². The monoisotopic (exact) mass is 330 g/mol. The van der Waals surface area contributed by atoms with Crippen LogP contribution in [0.25, 0.3) is 0 Å². The summed E-state index contributed by atoms with van der Waals surface area (Å²) in [5.74, 6) is -0.281. The lowest BCUT2D eigenvalue weighted by Gasteiger charge is -2.17. The summed E-state index contributed by atoms with van der Waals surface area (Å²) >= 11 is 0. The molecule has 0 aromatic heterocycles. The van der Waals surface area contributed by atoms with Crippen molar-refractivity contribution in [1.29, 1.82) is 0 Å². The summed E-state index contributed by atoms with van der Waals surface area (Å²) in [6.07, 6.45) is 1.45. The second-order valence-electron chi connectivity index (χ2n) is 4.87. The van der Waals surface area contributed by atoms with Crippen LogP contribution < -0.4 is 9.62 Å². The molecule has 0 atom stereocenters. The molecule has 0 radical (unpaired) electrons. The first-order chi connectivity index (χ1) is 11.0. The Balaban J connectivity index is 2.29. The molecule has 0 aliphatic rings. The van der Waals surface area contributed by atoms with Crippen molar-refractivity contribution >= 4 is 21.6 Å². The molecule has 0 aliphatic heterocycles. The minimum Gasteiger partial charge on any atom is -0.311 e. The van der Waals surface area contributed by atoms with E-state index in [1.807, 2.05) is 30.3 Å². The molecule has 2 aromatic rings. The first-order valence-corrected chi connectivity index (χ1v) is 8.48. The van der Waals surface area contributed by atoms with Gasteiger partial charge in [0.05, 0.1) is 4.90 Å². The van der Waals surface area contributed by atoms with Gasteiger partial charge in [0, 0.05) is 24.8 Å². The predicted molar refractivity (Wildman–Crippen MR) is 91.0 cm³/mol. The first-order valence-electron chi connectivity index (χ1n) is 6.99. The maximum absolute atomic E-state index is 12.5. The minimum atomic E-state index is -3.66. The van der Waals surface area contributed by atoms with E-state index in [-0.39, 0.29) is 17.3 Å². The highest BCUT2D eigenvalue weighted by Gasteiger charge is 2.18. The zero-order valence-electron chi connectivity index (χ0n) is 12.8. The standard InChI is InChI=1S/C17H18N2O3S/c1-3-12-18-23(21,22)16-11-7-8-14(13-16)17(20)19(2)15-9-5-4-6-10-15/h3-11,13,18H,1,12H2,2H3. The quantitative estimate of drug-likeness (QED) is 0.827. The van der Waals surface area contributed by atoms with E-state index < -0.39 is 10.0 Å². The van der Waals surface area contributed by atoms with Gasteiger partial charge in [-0.2, -0.15) is 0 Å². The minimum absolute atomic E-state index is 0.0478. The molecule has 2 aromatic carbocycles. The molecule has 1 amide bonds. The van der Waals surface area contributed by atoms with Gasteiger partial charge in [0.1, 0.15) is 0 Å². The first kappa shape index (κ1) is 16.9. The Bertz CT molecular complexity index is 802. The highest BCUT2D eigenvalue weighted by atomic mass is 32.2. The summed E-state index contributed by atoms with van der Waals surface area (Å²) in [4.78, 5) is 14.1.